The van der Waals surface area contributed by atoms with Crippen LogP contribution in [0.4, 0.5) is 13.6 Å². The molecule has 152 valence electrons. The molecule has 6 nitrogen and oxygen atoms in total. The fourth-order valence-electron chi connectivity index (χ4n) is 3.68. The number of allylic oxidation sites excluding steroid dienone is 1. The van der Waals surface area contributed by atoms with Crippen molar-refractivity contribution in [3.63, 3.8) is 0 Å². The number of esters is 1. The van der Waals surface area contributed by atoms with Gasteiger partial charge in [-0.05, 0) is 69.4 Å². The summed E-state index contributed by atoms with van der Waals surface area (Å²) in [5.74, 6) is -0.405. The maximum absolute atomic E-state index is 12.7. The number of hydrogen-bond acceptors (Lipinski definition) is 4. The van der Waals surface area contributed by atoms with E-state index in [0.29, 0.717) is 28.0 Å². The lowest BCUT2D eigenvalue weighted by Crippen LogP contribution is -2.48. The third kappa shape index (κ3) is 3.81. The minimum atomic E-state index is -2.93. The van der Waals surface area contributed by atoms with Crippen molar-refractivity contribution in [3.8, 4) is 5.75 Å². The van der Waals surface area contributed by atoms with Crippen molar-refractivity contribution in [2.24, 2.45) is 0 Å². The van der Waals surface area contributed by atoms with Crippen LogP contribution in [0.1, 0.15) is 49.4 Å². The van der Waals surface area contributed by atoms with E-state index in [0.717, 1.165) is 12.8 Å². The van der Waals surface area contributed by atoms with E-state index in [-0.39, 0.29) is 24.4 Å². The Hall–Kier alpha value is -2.64. The zero-order valence-corrected chi connectivity index (χ0v) is 16.3. The average molecular weight is 394 g/mol. The summed E-state index contributed by atoms with van der Waals surface area (Å²) in [5, 5.41) is 2.88. The number of nitrogens with zero attached hydrogens (tertiary/aromatic N) is 1. The number of nitrogens with one attached hydrogen (secondary N) is 1. The van der Waals surface area contributed by atoms with Crippen molar-refractivity contribution in [2.45, 2.75) is 59.2 Å². The highest BCUT2D eigenvalue weighted by molar-refractivity contribution is 5.95. The Morgan fingerprint density at radius 3 is 2.36 bits per heavy atom. The number of alkyl halides is 2. The van der Waals surface area contributed by atoms with E-state index in [2.05, 4.69) is 10.1 Å². The monoisotopic (exact) mass is 394 g/mol. The number of rotatable bonds is 6. The number of amides is 2. The van der Waals surface area contributed by atoms with Crippen LogP contribution >= 0.6 is 0 Å². The van der Waals surface area contributed by atoms with Crippen LogP contribution in [-0.2, 0) is 9.53 Å². The van der Waals surface area contributed by atoms with Crippen LogP contribution in [0.2, 0.25) is 0 Å². The number of urea groups is 1. The van der Waals surface area contributed by atoms with Gasteiger partial charge < -0.3 is 14.8 Å². The highest BCUT2D eigenvalue weighted by Crippen LogP contribution is 2.39. The molecule has 1 aromatic carbocycles. The Kier molecular flexibility index (Phi) is 5.58. The molecule has 1 aliphatic heterocycles. The minimum absolute atomic E-state index is 0.0932. The molecule has 2 amide bonds. The predicted octanol–water partition coefficient (Wildman–Crippen LogP) is 3.97. The molecule has 2 aliphatic rings. The molecular weight excluding hydrogens is 370 g/mol. The Labute approximate surface area is 162 Å². The Morgan fingerprint density at radius 1 is 1.25 bits per heavy atom. The first kappa shape index (κ1) is 20.1. The van der Waals surface area contributed by atoms with Gasteiger partial charge in [-0.3, -0.25) is 4.90 Å². The lowest BCUT2D eigenvalue weighted by atomic mass is 9.92. The Bertz CT molecular complexity index is 810. The molecule has 1 heterocycles. The van der Waals surface area contributed by atoms with Crippen LogP contribution < -0.4 is 10.1 Å². The lowest BCUT2D eigenvalue weighted by molar-refractivity contribution is -0.139. The van der Waals surface area contributed by atoms with Crippen molar-refractivity contribution in [1.82, 2.24) is 10.2 Å². The summed E-state index contributed by atoms with van der Waals surface area (Å²) in [6.07, 6.45) is 1.78. The summed E-state index contributed by atoms with van der Waals surface area (Å²) in [6.45, 7) is 4.03. The molecule has 28 heavy (non-hydrogen) atoms. The SMILES string of the molecule is CCOC(=O)C1=C(C)N(C2CC2)C(=O)N[C@H]1c1cc(C)c(OC(F)F)c(C)c1. The van der Waals surface area contributed by atoms with E-state index in [1.807, 2.05) is 0 Å². The number of benzene rings is 1. The normalized spacial score (nSPS) is 19.8. The van der Waals surface area contributed by atoms with Gasteiger partial charge in [0.05, 0.1) is 18.2 Å². The van der Waals surface area contributed by atoms with E-state index in [9.17, 15) is 18.4 Å². The predicted molar refractivity (Wildman–Crippen MR) is 98.0 cm³/mol. The highest BCUT2D eigenvalue weighted by Gasteiger charge is 2.42. The second-order valence-electron chi connectivity index (χ2n) is 7.07. The molecule has 8 heteroatoms. The first-order valence-electron chi connectivity index (χ1n) is 9.28. The van der Waals surface area contributed by atoms with Gasteiger partial charge >= 0.3 is 18.6 Å². The van der Waals surface area contributed by atoms with Crippen molar-refractivity contribution >= 4 is 12.0 Å². The molecule has 1 aliphatic carbocycles. The van der Waals surface area contributed by atoms with Crippen LogP contribution in [0.15, 0.2) is 23.4 Å². The van der Waals surface area contributed by atoms with Gasteiger partial charge in [0.25, 0.3) is 0 Å². The summed E-state index contributed by atoms with van der Waals surface area (Å²) in [7, 11) is 0. The van der Waals surface area contributed by atoms with Gasteiger partial charge in [-0.25, -0.2) is 9.59 Å². The number of aryl methyl sites for hydroxylation is 2. The zero-order valence-electron chi connectivity index (χ0n) is 16.3. The van der Waals surface area contributed by atoms with Crippen molar-refractivity contribution in [2.75, 3.05) is 6.61 Å². The number of ether oxygens (including phenoxy) is 2. The molecule has 0 aromatic heterocycles. The number of hydrogen-bond donors (Lipinski definition) is 1. The van der Waals surface area contributed by atoms with E-state index in [4.69, 9.17) is 4.74 Å². The summed E-state index contributed by atoms with van der Waals surface area (Å²) in [6, 6.07) is 2.39. The topological polar surface area (TPSA) is 67.9 Å². The smallest absolute Gasteiger partial charge is 0.387 e. The third-order valence-electron chi connectivity index (χ3n) is 4.96. The molecule has 1 fully saturated rings. The van der Waals surface area contributed by atoms with Crippen LogP contribution in [0.25, 0.3) is 0 Å². The van der Waals surface area contributed by atoms with Gasteiger partial charge in [0.2, 0.25) is 0 Å². The largest absolute Gasteiger partial charge is 0.463 e. The lowest BCUT2D eigenvalue weighted by Gasteiger charge is -2.35. The molecule has 3 rings (SSSR count). The molecule has 1 aromatic rings. The molecular formula is C20H24F2N2O4. The van der Waals surface area contributed by atoms with E-state index >= 15 is 0 Å². The van der Waals surface area contributed by atoms with Crippen molar-refractivity contribution < 1.29 is 27.8 Å². The first-order valence-corrected chi connectivity index (χ1v) is 9.28. The zero-order chi connectivity index (χ0) is 20.6. The molecule has 0 bridgehead atoms. The van der Waals surface area contributed by atoms with E-state index in [1.165, 1.54) is 0 Å². The van der Waals surface area contributed by atoms with Crippen molar-refractivity contribution in [3.05, 3.63) is 40.1 Å². The van der Waals surface area contributed by atoms with Crippen LogP contribution in [-0.4, -0.2) is 36.2 Å². The standard InChI is InChI=1S/C20H24F2N2O4/c1-5-27-18(25)15-12(4)24(14-6-7-14)20(26)23-16(15)13-8-10(2)17(11(3)9-13)28-19(21)22/h8-9,14,16,19H,5-7H2,1-4H3,(H,23,26)/t16-/m0/s1. The molecule has 0 radical (unpaired) electrons. The van der Waals surface area contributed by atoms with Crippen LogP contribution in [0.5, 0.6) is 5.75 Å². The quantitative estimate of drug-likeness (QED) is 0.742. The molecule has 0 spiro atoms. The average Bonchev–Trinajstić information content (AvgIpc) is 3.42. The van der Waals surface area contributed by atoms with Gasteiger partial charge in [0.15, 0.2) is 0 Å². The fourth-order valence-corrected chi connectivity index (χ4v) is 3.68. The second-order valence-corrected chi connectivity index (χ2v) is 7.07. The summed E-state index contributed by atoms with van der Waals surface area (Å²) in [5.41, 5.74) is 2.53. The Morgan fingerprint density at radius 2 is 1.86 bits per heavy atom. The highest BCUT2D eigenvalue weighted by atomic mass is 19.3. The second kappa shape index (κ2) is 7.77. The number of carbonyl (C=O) groups is 2. The molecule has 1 atom stereocenters. The van der Waals surface area contributed by atoms with Crippen LogP contribution in [0, 0.1) is 13.8 Å². The van der Waals surface area contributed by atoms with Gasteiger partial charge in [-0.2, -0.15) is 8.78 Å². The van der Waals surface area contributed by atoms with Crippen molar-refractivity contribution in [1.29, 1.82) is 0 Å². The molecule has 0 unspecified atom stereocenters. The van der Waals surface area contributed by atoms with E-state index < -0.39 is 18.6 Å². The van der Waals surface area contributed by atoms with Gasteiger partial charge in [0.1, 0.15) is 5.75 Å². The molecule has 1 saturated carbocycles. The van der Waals surface area contributed by atoms with Gasteiger partial charge in [-0.15, -0.1) is 0 Å². The van der Waals surface area contributed by atoms with Gasteiger partial charge in [-0.1, -0.05) is 0 Å². The summed E-state index contributed by atoms with van der Waals surface area (Å²) < 4.78 is 35.1. The maximum atomic E-state index is 12.7. The molecule has 0 saturated heterocycles. The number of carbonyl (C=O) groups excluding carboxylic acids is 2. The third-order valence-corrected chi connectivity index (χ3v) is 4.96. The van der Waals surface area contributed by atoms with Crippen LogP contribution in [0.3, 0.4) is 0 Å². The minimum Gasteiger partial charge on any atom is -0.463 e. The Balaban J connectivity index is 2.06. The first-order chi connectivity index (χ1) is 13.2. The summed E-state index contributed by atoms with van der Waals surface area (Å²) >= 11 is 0. The van der Waals surface area contributed by atoms with Gasteiger partial charge in [0, 0.05) is 11.7 Å². The van der Waals surface area contributed by atoms with E-state index in [1.54, 1.807) is 44.7 Å². The molecule has 1 N–H and O–H groups in total. The number of halogens is 2. The maximum Gasteiger partial charge on any atom is 0.387 e. The fraction of sp³-hybridized carbons (Fsp3) is 0.500. The summed E-state index contributed by atoms with van der Waals surface area (Å²) in [4.78, 5) is 27.0.